The molecule has 0 spiro atoms. The lowest BCUT2D eigenvalue weighted by Gasteiger charge is -2.11. The monoisotopic (exact) mass is 429 g/mol. The van der Waals surface area contributed by atoms with Crippen LogP contribution in [0.1, 0.15) is 6.92 Å². The second-order valence-corrected chi connectivity index (χ2v) is 6.09. The minimum absolute atomic E-state index is 0.0349. The molecule has 0 fully saturated rings. The van der Waals surface area contributed by atoms with E-state index >= 15 is 0 Å². The molecule has 1 N–H and O–H groups in total. The Labute approximate surface area is 182 Å². The van der Waals surface area contributed by atoms with Crippen molar-refractivity contribution >= 4 is 35.0 Å². The summed E-state index contributed by atoms with van der Waals surface area (Å²) in [6.07, 6.45) is 2.88. The molecule has 3 aromatic rings. The number of azo groups is 1. The van der Waals surface area contributed by atoms with E-state index in [-0.39, 0.29) is 23.5 Å². The number of amides is 1. The number of methoxy groups -OCH3 is 1. The number of Topliss-reactive ketones (excluding diaryl/α,β-unsaturated/α-hetero) is 1. The first kappa shape index (κ1) is 21.7. The van der Waals surface area contributed by atoms with Crippen molar-refractivity contribution in [3.8, 4) is 11.7 Å². The summed E-state index contributed by atoms with van der Waals surface area (Å²) in [6, 6.07) is 6.74. The summed E-state index contributed by atoms with van der Waals surface area (Å²) in [5.74, 6) is -1.50. The number of nitrogens with one attached hydrogen (secondary N) is 1. The minimum atomic E-state index is -1.51. The van der Waals surface area contributed by atoms with Gasteiger partial charge < -0.3 is 19.7 Å². The number of ketones is 1. The summed E-state index contributed by atoms with van der Waals surface area (Å²) in [5.41, 5.74) is 0.353. The van der Waals surface area contributed by atoms with Crippen LogP contribution in [0.3, 0.4) is 0 Å². The highest BCUT2D eigenvalue weighted by Crippen LogP contribution is 2.35. The molecule has 12 heteroatoms. The third kappa shape index (κ3) is 4.44. The van der Waals surface area contributed by atoms with Crippen LogP contribution in [0.15, 0.2) is 53.0 Å². The molecule has 1 amide bonds. The zero-order valence-electron chi connectivity index (χ0n) is 16.9. The maximum atomic E-state index is 12.7. The molecular weight excluding hydrogens is 414 g/mol. The van der Waals surface area contributed by atoms with E-state index in [0.717, 1.165) is 4.57 Å². The van der Waals surface area contributed by atoms with Gasteiger partial charge in [-0.2, -0.15) is 9.68 Å². The zero-order chi connectivity index (χ0) is 23.1. The summed E-state index contributed by atoms with van der Waals surface area (Å²) in [7, 11) is 1.45. The van der Waals surface area contributed by atoms with Crippen molar-refractivity contribution in [2.45, 2.75) is 13.0 Å². The SMILES string of the molecule is [C-]#[N+]c1nc(N=NC(C(C)=O)C(=O)Nc2ccccc2OC)n(-c2ncccn2)c1[N+]#[C-]. The second kappa shape index (κ2) is 9.69. The quantitative estimate of drug-likeness (QED) is 0.347. The van der Waals surface area contributed by atoms with Crippen LogP contribution in [0.4, 0.5) is 23.3 Å². The van der Waals surface area contributed by atoms with E-state index in [4.69, 9.17) is 17.9 Å². The molecule has 0 bridgehead atoms. The highest BCUT2D eigenvalue weighted by molar-refractivity contribution is 6.10. The maximum Gasteiger partial charge on any atom is 0.424 e. The van der Waals surface area contributed by atoms with E-state index in [1.165, 1.54) is 26.4 Å². The Kier molecular flexibility index (Phi) is 6.58. The third-order valence-electron chi connectivity index (χ3n) is 4.04. The van der Waals surface area contributed by atoms with Gasteiger partial charge in [-0.25, -0.2) is 9.97 Å². The average molecular weight is 429 g/mol. The van der Waals surface area contributed by atoms with Gasteiger partial charge in [-0.1, -0.05) is 35.4 Å². The summed E-state index contributed by atoms with van der Waals surface area (Å²) in [5, 5.41) is 10.3. The average Bonchev–Trinajstić information content (AvgIpc) is 3.17. The molecule has 32 heavy (non-hydrogen) atoms. The Bertz CT molecular complexity index is 1270. The van der Waals surface area contributed by atoms with Crippen molar-refractivity contribution in [1.29, 1.82) is 0 Å². The first-order valence-electron chi connectivity index (χ1n) is 9.00. The molecule has 158 valence electrons. The van der Waals surface area contributed by atoms with Crippen molar-refractivity contribution in [1.82, 2.24) is 19.5 Å². The van der Waals surface area contributed by atoms with Crippen LogP contribution in [0.5, 0.6) is 5.75 Å². The molecule has 1 atom stereocenters. The molecule has 0 aliphatic heterocycles. The molecule has 0 saturated carbocycles. The number of imidazole rings is 1. The first-order chi connectivity index (χ1) is 15.5. The Morgan fingerprint density at radius 2 is 1.88 bits per heavy atom. The molecule has 1 aromatic carbocycles. The van der Waals surface area contributed by atoms with Gasteiger partial charge in [0.25, 0.3) is 17.5 Å². The van der Waals surface area contributed by atoms with Gasteiger partial charge in [0, 0.05) is 12.4 Å². The van der Waals surface area contributed by atoms with E-state index in [2.05, 4.69) is 40.2 Å². The van der Waals surface area contributed by atoms with E-state index in [1.54, 1.807) is 30.3 Å². The standard InChI is InChI=1S/C20H15N9O3/c1-12(30)15(18(31)25-13-8-5-6-9-14(13)32-4)27-28-20-26-16(21-2)17(22-3)29(20)19-23-10-7-11-24-19/h5-11,15H,1,4H3,(H,25,31). The summed E-state index contributed by atoms with van der Waals surface area (Å²) in [6.45, 7) is 15.8. The van der Waals surface area contributed by atoms with Crippen LogP contribution in [0, 0.1) is 13.1 Å². The van der Waals surface area contributed by atoms with Crippen LogP contribution in [-0.4, -0.2) is 44.4 Å². The van der Waals surface area contributed by atoms with Crippen molar-refractivity contribution in [3.63, 3.8) is 0 Å². The smallest absolute Gasteiger partial charge is 0.424 e. The van der Waals surface area contributed by atoms with E-state index in [1.807, 2.05) is 0 Å². The number of nitrogens with zero attached hydrogens (tertiary/aromatic N) is 8. The predicted molar refractivity (Wildman–Crippen MR) is 112 cm³/mol. The number of para-hydroxylation sites is 2. The van der Waals surface area contributed by atoms with Gasteiger partial charge in [-0.05, 0) is 25.1 Å². The molecular formula is C20H15N9O3. The molecule has 2 heterocycles. The fourth-order valence-electron chi connectivity index (χ4n) is 2.60. The van der Waals surface area contributed by atoms with Gasteiger partial charge in [-0.15, -0.1) is 0 Å². The van der Waals surface area contributed by atoms with Crippen LogP contribution in [0.2, 0.25) is 0 Å². The highest BCUT2D eigenvalue weighted by atomic mass is 16.5. The molecule has 0 radical (unpaired) electrons. The topological polar surface area (TPSA) is 132 Å². The molecule has 0 saturated heterocycles. The Morgan fingerprint density at radius 1 is 1.16 bits per heavy atom. The zero-order valence-corrected chi connectivity index (χ0v) is 16.9. The summed E-state index contributed by atoms with van der Waals surface area (Å²) in [4.78, 5) is 43.4. The van der Waals surface area contributed by atoms with E-state index < -0.39 is 17.7 Å². The lowest BCUT2D eigenvalue weighted by Crippen LogP contribution is -2.32. The maximum absolute atomic E-state index is 12.7. The van der Waals surface area contributed by atoms with Crippen molar-refractivity contribution in [2.75, 3.05) is 12.4 Å². The van der Waals surface area contributed by atoms with E-state index in [9.17, 15) is 9.59 Å². The normalized spacial score (nSPS) is 11.4. The van der Waals surface area contributed by atoms with Gasteiger partial charge in [0.05, 0.1) is 12.8 Å². The highest BCUT2D eigenvalue weighted by Gasteiger charge is 2.28. The van der Waals surface area contributed by atoms with Crippen LogP contribution in [-0.2, 0) is 9.59 Å². The number of rotatable bonds is 7. The largest absolute Gasteiger partial charge is 0.495 e. The fourth-order valence-corrected chi connectivity index (χ4v) is 2.60. The van der Waals surface area contributed by atoms with Crippen molar-refractivity contribution in [3.05, 3.63) is 65.6 Å². The third-order valence-corrected chi connectivity index (χ3v) is 4.04. The summed E-state index contributed by atoms with van der Waals surface area (Å²) >= 11 is 0. The van der Waals surface area contributed by atoms with Crippen LogP contribution < -0.4 is 10.1 Å². The van der Waals surface area contributed by atoms with Crippen molar-refractivity contribution < 1.29 is 14.3 Å². The molecule has 12 nitrogen and oxygen atoms in total. The lowest BCUT2D eigenvalue weighted by molar-refractivity contribution is -0.126. The second-order valence-electron chi connectivity index (χ2n) is 6.09. The van der Waals surface area contributed by atoms with Crippen molar-refractivity contribution in [2.24, 2.45) is 10.2 Å². The number of benzene rings is 1. The Morgan fingerprint density at radius 3 is 2.50 bits per heavy atom. The number of hydrogen-bond donors (Lipinski definition) is 1. The predicted octanol–water partition coefficient (Wildman–Crippen LogP) is 3.45. The number of aromatic nitrogens is 4. The molecule has 0 aliphatic carbocycles. The van der Waals surface area contributed by atoms with Gasteiger partial charge in [0.15, 0.2) is 5.78 Å². The molecule has 0 aliphatic rings. The number of hydrogen-bond acceptors (Lipinski definition) is 8. The number of carbonyl (C=O) groups is 2. The first-order valence-corrected chi connectivity index (χ1v) is 9.00. The number of anilines is 1. The Balaban J connectivity index is 1.98. The lowest BCUT2D eigenvalue weighted by atomic mass is 10.2. The van der Waals surface area contributed by atoms with Crippen LogP contribution in [0.25, 0.3) is 15.6 Å². The minimum Gasteiger partial charge on any atom is -0.495 e. The van der Waals surface area contributed by atoms with Crippen LogP contribution >= 0.6 is 0 Å². The number of ether oxygens (including phenoxy) is 1. The number of carbonyl (C=O) groups excluding carboxylic acids is 2. The van der Waals surface area contributed by atoms with Gasteiger partial charge in [-0.3, -0.25) is 9.59 Å². The van der Waals surface area contributed by atoms with Gasteiger partial charge in [0.2, 0.25) is 6.04 Å². The molecule has 1 unspecified atom stereocenters. The fraction of sp³-hybridized carbons (Fsp3) is 0.150. The van der Waals surface area contributed by atoms with E-state index in [0.29, 0.717) is 11.4 Å². The Hall–Kier alpha value is -4.97. The molecule has 3 rings (SSSR count). The molecule has 2 aromatic heterocycles. The van der Waals surface area contributed by atoms with Gasteiger partial charge >= 0.3 is 11.9 Å². The summed E-state index contributed by atoms with van der Waals surface area (Å²) < 4.78 is 6.31. The van der Waals surface area contributed by atoms with Gasteiger partial charge in [0.1, 0.15) is 5.75 Å².